The van der Waals surface area contributed by atoms with E-state index in [-0.39, 0.29) is 12.5 Å². The molecule has 0 heterocycles. The van der Waals surface area contributed by atoms with Crippen molar-refractivity contribution >= 4 is 30.5 Å². The molecule has 0 aliphatic rings. The standard InChI is InChI=1S/C22H38N2O6SSi/c1-17(2)14-19(23-21(26)29-22(3,4)5)20(25)16-24(15-18-12-10-9-11-13-18)31(27,28)30-32(6,7)8/h9-13,17,19H,14-16H2,1-8H3,(H,23,26). The van der Waals surface area contributed by atoms with Crippen LogP contribution in [-0.2, 0) is 30.3 Å². The molecule has 0 aliphatic carbocycles. The Morgan fingerprint density at radius 2 is 1.66 bits per heavy atom. The number of ether oxygens (including phenoxy) is 1. The first-order chi connectivity index (χ1) is 14.5. The molecule has 1 N–H and O–H groups in total. The number of nitrogens with zero attached hydrogens (tertiary/aromatic N) is 1. The zero-order valence-electron chi connectivity index (χ0n) is 20.5. The van der Waals surface area contributed by atoms with Crippen LogP contribution in [0.1, 0.15) is 46.6 Å². The van der Waals surface area contributed by atoms with Crippen molar-refractivity contribution in [2.75, 3.05) is 6.54 Å². The number of nitrogens with one attached hydrogen (secondary N) is 1. The van der Waals surface area contributed by atoms with Crippen LogP contribution >= 0.6 is 0 Å². The molecule has 1 aromatic rings. The predicted molar refractivity (Wildman–Crippen MR) is 128 cm³/mol. The van der Waals surface area contributed by atoms with Crippen LogP contribution in [0.25, 0.3) is 0 Å². The zero-order chi connectivity index (χ0) is 24.7. The molecule has 0 aliphatic heterocycles. The lowest BCUT2D eigenvalue weighted by Crippen LogP contribution is -2.49. The maximum Gasteiger partial charge on any atom is 0.408 e. The molecule has 8 nitrogen and oxygen atoms in total. The zero-order valence-corrected chi connectivity index (χ0v) is 22.3. The van der Waals surface area contributed by atoms with Crippen molar-refractivity contribution in [1.29, 1.82) is 0 Å². The number of ketones is 1. The van der Waals surface area contributed by atoms with E-state index >= 15 is 0 Å². The van der Waals surface area contributed by atoms with E-state index in [4.69, 9.17) is 8.61 Å². The second-order valence-corrected chi connectivity index (χ2v) is 16.5. The third kappa shape index (κ3) is 11.2. The molecule has 0 radical (unpaired) electrons. The third-order valence-electron chi connectivity index (χ3n) is 3.99. The fourth-order valence-electron chi connectivity index (χ4n) is 2.85. The molecule has 0 bridgehead atoms. The van der Waals surface area contributed by atoms with Gasteiger partial charge in [0.05, 0.1) is 12.6 Å². The van der Waals surface area contributed by atoms with Gasteiger partial charge in [0.2, 0.25) is 8.32 Å². The van der Waals surface area contributed by atoms with Crippen LogP contribution in [-0.4, -0.2) is 51.1 Å². The van der Waals surface area contributed by atoms with Gasteiger partial charge < -0.3 is 13.9 Å². The fraction of sp³-hybridized carbons (Fsp3) is 0.636. The average molecular weight is 487 g/mol. The monoisotopic (exact) mass is 486 g/mol. The summed E-state index contributed by atoms with van der Waals surface area (Å²) in [6.45, 7) is 13.9. The minimum Gasteiger partial charge on any atom is -0.444 e. The number of carbonyl (C=O) groups excluding carboxylic acids is 2. The maximum absolute atomic E-state index is 13.2. The lowest BCUT2D eigenvalue weighted by Gasteiger charge is -2.28. The summed E-state index contributed by atoms with van der Waals surface area (Å²) in [6, 6.07) is 8.11. The van der Waals surface area contributed by atoms with Crippen molar-refractivity contribution in [2.24, 2.45) is 5.92 Å². The third-order valence-corrected chi connectivity index (χ3v) is 7.73. The number of hydrogen-bond acceptors (Lipinski definition) is 6. The quantitative estimate of drug-likeness (QED) is 0.473. The van der Waals surface area contributed by atoms with Crippen LogP contribution in [0.3, 0.4) is 0 Å². The Kier molecular flexibility index (Phi) is 10.1. The van der Waals surface area contributed by atoms with Crippen LogP contribution in [0.4, 0.5) is 4.79 Å². The molecule has 1 aromatic carbocycles. The molecule has 32 heavy (non-hydrogen) atoms. The van der Waals surface area contributed by atoms with E-state index in [0.29, 0.717) is 6.42 Å². The molecular weight excluding hydrogens is 448 g/mol. The summed E-state index contributed by atoms with van der Waals surface area (Å²) in [5, 5.41) is 2.61. The lowest BCUT2D eigenvalue weighted by molar-refractivity contribution is -0.121. The number of benzene rings is 1. The van der Waals surface area contributed by atoms with Crippen molar-refractivity contribution in [2.45, 2.75) is 78.9 Å². The van der Waals surface area contributed by atoms with Gasteiger partial charge in [0, 0.05) is 6.54 Å². The second-order valence-electron chi connectivity index (χ2n) is 10.2. The topological polar surface area (TPSA) is 102 Å². The van der Waals surface area contributed by atoms with Gasteiger partial charge in [-0.05, 0) is 58.3 Å². The summed E-state index contributed by atoms with van der Waals surface area (Å²) in [4.78, 5) is 25.5. The highest BCUT2D eigenvalue weighted by atomic mass is 32.2. The van der Waals surface area contributed by atoms with Gasteiger partial charge in [-0.3, -0.25) is 4.79 Å². The fourth-order valence-corrected chi connectivity index (χ4v) is 6.39. The van der Waals surface area contributed by atoms with Crippen molar-refractivity contribution in [3.63, 3.8) is 0 Å². The number of rotatable bonds is 11. The molecule has 0 fully saturated rings. The largest absolute Gasteiger partial charge is 0.444 e. The van der Waals surface area contributed by atoms with Crippen LogP contribution in [0.2, 0.25) is 19.6 Å². The van der Waals surface area contributed by atoms with Gasteiger partial charge >= 0.3 is 16.4 Å². The van der Waals surface area contributed by atoms with E-state index in [1.165, 1.54) is 0 Å². The molecule has 1 unspecified atom stereocenters. The highest BCUT2D eigenvalue weighted by molar-refractivity contribution is 7.85. The molecule has 0 spiro atoms. The van der Waals surface area contributed by atoms with Gasteiger partial charge in [-0.1, -0.05) is 44.2 Å². The number of amides is 1. The van der Waals surface area contributed by atoms with E-state index in [1.807, 2.05) is 19.9 Å². The molecular formula is C22H38N2O6SSi. The smallest absolute Gasteiger partial charge is 0.408 e. The average Bonchev–Trinajstić information content (AvgIpc) is 2.57. The molecule has 0 saturated carbocycles. The van der Waals surface area contributed by atoms with Crippen molar-refractivity contribution < 1.29 is 26.6 Å². The Labute approximate surface area is 194 Å². The number of Topliss-reactive ketones (excluding diaryl/α,β-unsaturated/α-hetero) is 1. The molecule has 1 amide bonds. The number of carbonyl (C=O) groups is 2. The van der Waals surface area contributed by atoms with Gasteiger partial charge in [0.1, 0.15) is 5.60 Å². The number of hydrogen-bond donors (Lipinski definition) is 1. The summed E-state index contributed by atoms with van der Waals surface area (Å²) < 4.78 is 37.8. The Morgan fingerprint density at radius 1 is 1.09 bits per heavy atom. The van der Waals surface area contributed by atoms with E-state index in [9.17, 15) is 18.0 Å². The molecule has 1 atom stereocenters. The summed E-state index contributed by atoms with van der Waals surface area (Å²) in [7, 11) is -6.62. The Hall–Kier alpha value is -1.75. The first-order valence-corrected chi connectivity index (χ1v) is 15.5. The summed E-state index contributed by atoms with van der Waals surface area (Å²) in [6.07, 6.45) is -0.362. The first kappa shape index (κ1) is 28.3. The lowest BCUT2D eigenvalue weighted by atomic mass is 10.00. The van der Waals surface area contributed by atoms with Crippen LogP contribution < -0.4 is 5.32 Å². The summed E-state index contributed by atoms with van der Waals surface area (Å²) in [5.74, 6) is -0.334. The predicted octanol–water partition coefficient (Wildman–Crippen LogP) is 4.09. The van der Waals surface area contributed by atoms with E-state index in [0.717, 1.165) is 9.87 Å². The van der Waals surface area contributed by atoms with Gasteiger partial charge in [-0.15, -0.1) is 0 Å². The highest BCUT2D eigenvalue weighted by Crippen LogP contribution is 2.18. The summed E-state index contributed by atoms with van der Waals surface area (Å²) in [5.41, 5.74) is 0.00664. The molecule has 0 saturated heterocycles. The molecule has 10 heteroatoms. The number of alkyl carbamates (subject to hydrolysis) is 1. The minimum atomic E-state index is -4.16. The Morgan fingerprint density at radius 3 is 2.12 bits per heavy atom. The SMILES string of the molecule is CC(C)CC(NC(=O)OC(C)(C)C)C(=O)CN(Cc1ccccc1)S(=O)(=O)O[Si](C)(C)C. The van der Waals surface area contributed by atoms with Gasteiger partial charge in [-0.25, -0.2) is 4.79 Å². The van der Waals surface area contributed by atoms with Crippen LogP contribution in [0.15, 0.2) is 30.3 Å². The van der Waals surface area contributed by atoms with E-state index in [1.54, 1.807) is 64.7 Å². The van der Waals surface area contributed by atoms with Gasteiger partial charge in [0.15, 0.2) is 5.78 Å². The summed E-state index contributed by atoms with van der Waals surface area (Å²) >= 11 is 0. The minimum absolute atomic E-state index is 0.0137. The van der Waals surface area contributed by atoms with Gasteiger partial charge in [0.25, 0.3) is 0 Å². The normalized spacial score (nSPS) is 13.8. The Bertz CT molecular complexity index is 861. The van der Waals surface area contributed by atoms with E-state index < -0.39 is 48.7 Å². The van der Waals surface area contributed by atoms with Crippen molar-refractivity contribution in [3.05, 3.63) is 35.9 Å². The maximum atomic E-state index is 13.2. The van der Waals surface area contributed by atoms with Gasteiger partial charge in [-0.2, -0.15) is 12.7 Å². The van der Waals surface area contributed by atoms with Crippen LogP contribution in [0.5, 0.6) is 0 Å². The van der Waals surface area contributed by atoms with Crippen molar-refractivity contribution in [1.82, 2.24) is 9.62 Å². The van der Waals surface area contributed by atoms with E-state index in [2.05, 4.69) is 5.32 Å². The molecule has 1 rings (SSSR count). The second kappa shape index (κ2) is 11.4. The first-order valence-electron chi connectivity index (χ1n) is 10.8. The Balaban J connectivity index is 3.14. The molecule has 182 valence electrons. The van der Waals surface area contributed by atoms with Crippen LogP contribution in [0, 0.1) is 5.92 Å². The van der Waals surface area contributed by atoms with Crippen molar-refractivity contribution in [3.8, 4) is 0 Å². The highest BCUT2D eigenvalue weighted by Gasteiger charge is 2.34. The molecule has 0 aromatic heterocycles.